The minimum absolute atomic E-state index is 0.0908. The van der Waals surface area contributed by atoms with E-state index < -0.39 is 30.3 Å². The third kappa shape index (κ3) is 2.99. The first-order valence-corrected chi connectivity index (χ1v) is 7.36. The Morgan fingerprint density at radius 3 is 2.25 bits per heavy atom. The first-order valence-electron chi connectivity index (χ1n) is 7.36. The molecule has 1 unspecified atom stereocenters. The number of hydrogen-bond donors (Lipinski definition) is 6. The topological polar surface area (TPSA) is 154 Å². The lowest BCUT2D eigenvalue weighted by Crippen LogP contribution is -2.65. The Morgan fingerprint density at radius 2 is 1.65 bits per heavy atom. The number of hydrogen-bond acceptors (Lipinski definition) is 7. The van der Waals surface area contributed by atoms with Crippen molar-refractivity contribution >= 4 is 0 Å². The Morgan fingerprint density at radius 1 is 1.00 bits per heavy atom. The van der Waals surface area contributed by atoms with Gasteiger partial charge < -0.3 is 37.9 Å². The van der Waals surface area contributed by atoms with Gasteiger partial charge in [-0.1, -0.05) is 0 Å². The van der Waals surface area contributed by atoms with E-state index >= 15 is 0 Å². The van der Waals surface area contributed by atoms with Gasteiger partial charge in [-0.05, 0) is 26.2 Å². The largest absolute Gasteiger partial charge is 0.390 e. The van der Waals surface area contributed by atoms with E-state index in [9.17, 15) is 10.2 Å². The molecule has 0 radical (unpaired) electrons. The summed E-state index contributed by atoms with van der Waals surface area (Å²) in [6.45, 7) is 1.89. The van der Waals surface area contributed by atoms with Crippen molar-refractivity contribution in [1.82, 2.24) is 0 Å². The average molecular weight is 288 g/mol. The van der Waals surface area contributed by atoms with Gasteiger partial charge in [-0.2, -0.15) is 0 Å². The van der Waals surface area contributed by atoms with Crippen LogP contribution in [0.4, 0.5) is 0 Å². The fourth-order valence-corrected chi connectivity index (χ4v) is 3.44. The summed E-state index contributed by atoms with van der Waals surface area (Å²) < 4.78 is 5.98. The molecule has 0 aromatic rings. The molecule has 0 bridgehead atoms. The van der Waals surface area contributed by atoms with Crippen LogP contribution in [0, 0.1) is 5.92 Å². The number of aliphatic hydroxyl groups excluding tert-OH is 2. The highest BCUT2D eigenvalue weighted by molar-refractivity contribution is 5.03. The summed E-state index contributed by atoms with van der Waals surface area (Å²) in [5.74, 6) is -0.415. The predicted molar refractivity (Wildman–Crippen MR) is 75.6 cm³/mol. The van der Waals surface area contributed by atoms with Gasteiger partial charge in [0.15, 0.2) is 0 Å². The second-order valence-electron chi connectivity index (χ2n) is 6.36. The van der Waals surface area contributed by atoms with Gasteiger partial charge in [0.25, 0.3) is 0 Å². The molecule has 0 amide bonds. The highest BCUT2D eigenvalue weighted by atomic mass is 16.5. The highest BCUT2D eigenvalue weighted by Crippen LogP contribution is 2.33. The van der Waals surface area contributed by atoms with Crippen molar-refractivity contribution in [3.63, 3.8) is 0 Å². The molecule has 2 aliphatic rings. The Kier molecular flexibility index (Phi) is 5.01. The molecule has 1 saturated carbocycles. The molecule has 0 aromatic heterocycles. The summed E-state index contributed by atoms with van der Waals surface area (Å²) in [6.07, 6.45) is -0.482. The molecular weight excluding hydrogens is 260 g/mol. The van der Waals surface area contributed by atoms with E-state index in [1.54, 1.807) is 0 Å². The van der Waals surface area contributed by atoms with Crippen molar-refractivity contribution in [1.29, 1.82) is 0 Å². The second kappa shape index (κ2) is 6.23. The smallest absolute Gasteiger partial charge is 0.0954 e. The van der Waals surface area contributed by atoms with Crippen molar-refractivity contribution in [3.05, 3.63) is 0 Å². The van der Waals surface area contributed by atoms with E-state index in [4.69, 9.17) is 27.7 Å². The van der Waals surface area contributed by atoms with Gasteiger partial charge in [-0.15, -0.1) is 0 Å². The van der Waals surface area contributed by atoms with Crippen molar-refractivity contribution in [2.75, 3.05) is 0 Å². The molecule has 1 aliphatic heterocycles. The van der Waals surface area contributed by atoms with E-state index in [-0.39, 0.29) is 24.2 Å². The molecule has 2 rings (SSSR count). The molecule has 1 aliphatic carbocycles. The molecule has 7 nitrogen and oxygen atoms in total. The molecular formula is C13H28N4O3. The normalized spacial score (nSPS) is 51.8. The minimum Gasteiger partial charge on any atom is -0.390 e. The maximum Gasteiger partial charge on any atom is 0.0954 e. The van der Waals surface area contributed by atoms with Crippen LogP contribution in [0.2, 0.25) is 0 Å². The van der Waals surface area contributed by atoms with Gasteiger partial charge in [0.05, 0.1) is 24.4 Å². The Balaban J connectivity index is 2.14. The number of nitrogens with two attached hydrogens (primary N) is 4. The molecule has 7 heteroatoms. The Bertz CT molecular complexity index is 331. The maximum absolute atomic E-state index is 10.3. The molecule has 118 valence electrons. The fraction of sp³-hybridized carbons (Fsp3) is 1.00. The molecule has 2 fully saturated rings. The van der Waals surface area contributed by atoms with Crippen LogP contribution in [0.15, 0.2) is 0 Å². The van der Waals surface area contributed by atoms with E-state index in [0.717, 1.165) is 12.8 Å². The lowest BCUT2D eigenvalue weighted by Gasteiger charge is -2.48. The first kappa shape index (κ1) is 16.1. The summed E-state index contributed by atoms with van der Waals surface area (Å²) in [4.78, 5) is 0. The summed E-state index contributed by atoms with van der Waals surface area (Å²) >= 11 is 0. The quantitative estimate of drug-likeness (QED) is 0.331. The fourth-order valence-electron chi connectivity index (χ4n) is 3.44. The van der Waals surface area contributed by atoms with E-state index in [1.807, 2.05) is 6.92 Å². The van der Waals surface area contributed by atoms with E-state index in [1.165, 1.54) is 0 Å². The molecule has 1 saturated heterocycles. The van der Waals surface area contributed by atoms with Crippen LogP contribution in [0.5, 0.6) is 0 Å². The Hall–Kier alpha value is -0.280. The van der Waals surface area contributed by atoms with Gasteiger partial charge in [-0.25, -0.2) is 0 Å². The van der Waals surface area contributed by atoms with Crippen LogP contribution in [0.1, 0.15) is 26.2 Å². The lowest BCUT2D eigenvalue weighted by molar-refractivity contribution is -0.155. The molecule has 9 atom stereocenters. The van der Waals surface area contributed by atoms with Crippen molar-refractivity contribution in [2.45, 2.75) is 74.8 Å². The second-order valence-corrected chi connectivity index (χ2v) is 6.36. The van der Waals surface area contributed by atoms with Gasteiger partial charge in [0, 0.05) is 30.1 Å². The van der Waals surface area contributed by atoms with E-state index in [0.29, 0.717) is 6.42 Å². The summed E-state index contributed by atoms with van der Waals surface area (Å²) in [5, 5.41) is 20.3. The van der Waals surface area contributed by atoms with Gasteiger partial charge in [-0.3, -0.25) is 0 Å². The van der Waals surface area contributed by atoms with Crippen molar-refractivity contribution < 1.29 is 14.9 Å². The zero-order valence-corrected chi connectivity index (χ0v) is 11.9. The number of aliphatic hydroxyl groups is 2. The van der Waals surface area contributed by atoms with E-state index in [2.05, 4.69) is 0 Å². The molecule has 20 heavy (non-hydrogen) atoms. The van der Waals surface area contributed by atoms with Crippen molar-refractivity contribution in [3.8, 4) is 0 Å². The van der Waals surface area contributed by atoms with Gasteiger partial charge in [0.2, 0.25) is 0 Å². The first-order chi connectivity index (χ1) is 9.32. The third-order valence-electron chi connectivity index (χ3n) is 4.73. The van der Waals surface area contributed by atoms with Crippen LogP contribution in [0.3, 0.4) is 0 Å². The monoisotopic (exact) mass is 288 g/mol. The molecule has 0 spiro atoms. The summed E-state index contributed by atoms with van der Waals surface area (Å²) in [6, 6.07) is -1.17. The number of ether oxygens (including phenoxy) is 1. The van der Waals surface area contributed by atoms with Crippen molar-refractivity contribution in [2.24, 2.45) is 28.9 Å². The van der Waals surface area contributed by atoms with Crippen LogP contribution in [0.25, 0.3) is 0 Å². The maximum atomic E-state index is 10.3. The minimum atomic E-state index is -1.02. The third-order valence-corrected chi connectivity index (χ3v) is 4.73. The standard InChI is InChI=1S/C13H28N4O3/c1-5(14)9-3-2-6(15)13(20-9)10-7(16)4-8(17)11(18)12(10)19/h5-13,18-19H,2-4,14-17H2,1H3/t5-,6-,7+,8-,9+,10-,11+,12+,13?/m1/s1. The summed E-state index contributed by atoms with van der Waals surface area (Å²) in [7, 11) is 0. The molecule has 1 heterocycles. The average Bonchev–Trinajstić information content (AvgIpc) is 2.38. The predicted octanol–water partition coefficient (Wildman–Crippen LogP) is -2.40. The lowest BCUT2D eigenvalue weighted by atomic mass is 9.72. The van der Waals surface area contributed by atoms with Crippen LogP contribution in [-0.2, 0) is 4.74 Å². The number of rotatable bonds is 2. The van der Waals surface area contributed by atoms with Gasteiger partial charge in [0.1, 0.15) is 0 Å². The Labute approximate surface area is 119 Å². The zero-order valence-electron chi connectivity index (χ0n) is 11.9. The van der Waals surface area contributed by atoms with Crippen LogP contribution in [-0.4, -0.2) is 58.8 Å². The highest BCUT2D eigenvalue weighted by Gasteiger charge is 2.48. The zero-order chi connectivity index (χ0) is 15.0. The molecule has 0 aromatic carbocycles. The van der Waals surface area contributed by atoms with Gasteiger partial charge >= 0.3 is 0 Å². The SMILES string of the molecule is C[C@@H](N)[C@@H]1CC[C@@H](N)C([C@H]2[C@H](O)[C@@H](O)[C@H](N)C[C@@H]2N)O1. The van der Waals surface area contributed by atoms with Crippen LogP contribution < -0.4 is 22.9 Å². The summed E-state index contributed by atoms with van der Waals surface area (Å²) in [5.41, 5.74) is 23.9. The molecule has 10 N–H and O–H groups in total. The van der Waals surface area contributed by atoms with Crippen LogP contribution >= 0.6 is 0 Å².